The number of carboxylic acids is 1. The van der Waals surface area contributed by atoms with Gasteiger partial charge in [0.1, 0.15) is 36.0 Å². The van der Waals surface area contributed by atoms with Crippen LogP contribution >= 0.6 is 12.6 Å². The van der Waals surface area contributed by atoms with E-state index in [4.69, 9.17) is 22.3 Å². The van der Waals surface area contributed by atoms with E-state index in [9.17, 15) is 43.8 Å². The first-order valence-corrected chi connectivity index (χ1v) is 15.7. The lowest BCUT2D eigenvalue weighted by Crippen LogP contribution is -2.60. The van der Waals surface area contributed by atoms with Crippen molar-refractivity contribution in [3.05, 3.63) is 29.8 Å². The fourth-order valence-corrected chi connectivity index (χ4v) is 4.41. The normalized spacial score (nSPS) is 14.6. The molecule has 0 aliphatic carbocycles. The second-order valence-corrected chi connectivity index (χ2v) is 11.3. The van der Waals surface area contributed by atoms with Crippen LogP contribution in [0.5, 0.6) is 5.75 Å². The van der Waals surface area contributed by atoms with E-state index in [0.717, 1.165) is 0 Å². The number of primary amides is 1. The third-order valence-electron chi connectivity index (χ3n) is 6.98. The summed E-state index contributed by atoms with van der Waals surface area (Å²) in [5, 5.41) is 40.2. The van der Waals surface area contributed by atoms with E-state index >= 15 is 0 Å². The van der Waals surface area contributed by atoms with Crippen LogP contribution in [-0.2, 0) is 40.0 Å². The lowest BCUT2D eigenvalue weighted by Gasteiger charge is -2.26. The molecule has 0 radical (unpaired) electrons. The van der Waals surface area contributed by atoms with Crippen molar-refractivity contribution >= 4 is 54.0 Å². The van der Waals surface area contributed by atoms with Crippen LogP contribution in [0.4, 0.5) is 0 Å². The zero-order chi connectivity index (χ0) is 36.4. The van der Waals surface area contributed by atoms with Crippen LogP contribution in [-0.4, -0.2) is 112 Å². The van der Waals surface area contributed by atoms with E-state index in [1.807, 2.05) is 0 Å². The number of aliphatic hydroxyl groups excluding tert-OH is 1. The molecule has 18 nitrogen and oxygen atoms in total. The second-order valence-electron chi connectivity index (χ2n) is 10.9. The number of benzene rings is 1. The van der Waals surface area contributed by atoms with Gasteiger partial charge in [0.2, 0.25) is 35.4 Å². The van der Waals surface area contributed by atoms with E-state index in [0.29, 0.717) is 18.4 Å². The quantitative estimate of drug-likeness (QED) is 0.0409. The van der Waals surface area contributed by atoms with Gasteiger partial charge in [-0.3, -0.25) is 33.6 Å². The number of amides is 6. The van der Waals surface area contributed by atoms with Crippen LogP contribution in [0.3, 0.4) is 0 Å². The Hall–Kier alpha value is -4.46. The zero-order valence-corrected chi connectivity index (χ0v) is 27.4. The number of rotatable bonds is 22. The fraction of sp³-hybridized carbons (Fsp3) is 0.552. The Morgan fingerprint density at radius 3 is 1.79 bits per heavy atom. The molecule has 1 rings (SSSR count). The van der Waals surface area contributed by atoms with Crippen molar-refractivity contribution < 1.29 is 48.9 Å². The summed E-state index contributed by atoms with van der Waals surface area (Å²) in [7, 11) is 0. The zero-order valence-electron chi connectivity index (χ0n) is 26.5. The predicted octanol–water partition coefficient (Wildman–Crippen LogP) is -3.89. The fourth-order valence-electron chi connectivity index (χ4n) is 4.16. The number of hydrogen-bond donors (Lipinski definition) is 12. The molecule has 0 aliphatic heterocycles. The number of carbonyl (C=O) groups excluding carboxylic acids is 6. The second kappa shape index (κ2) is 21.4. The van der Waals surface area contributed by atoms with Crippen LogP contribution in [0.15, 0.2) is 24.3 Å². The summed E-state index contributed by atoms with van der Waals surface area (Å²) >= 11 is 4.09. The van der Waals surface area contributed by atoms with Crippen LogP contribution in [0.1, 0.15) is 44.6 Å². The van der Waals surface area contributed by atoms with Gasteiger partial charge in [0, 0.05) is 12.2 Å². The van der Waals surface area contributed by atoms with Crippen molar-refractivity contribution in [3.63, 3.8) is 0 Å². The van der Waals surface area contributed by atoms with Crippen LogP contribution in [0, 0.1) is 0 Å². The van der Waals surface area contributed by atoms with Gasteiger partial charge in [-0.15, -0.1) is 0 Å². The number of carbonyl (C=O) groups is 7. The monoisotopic (exact) mass is 698 g/mol. The third-order valence-corrected chi connectivity index (χ3v) is 7.35. The number of aliphatic hydroxyl groups is 1. The molecule has 1 aromatic carbocycles. The molecule has 0 fully saturated rings. The maximum atomic E-state index is 13.3. The smallest absolute Gasteiger partial charge is 0.325 e. The number of nitrogens with two attached hydrogens (primary N) is 3. The van der Waals surface area contributed by atoms with E-state index in [-0.39, 0.29) is 43.7 Å². The number of phenols is 1. The Bertz CT molecular complexity index is 1270. The van der Waals surface area contributed by atoms with E-state index < -0.39 is 84.3 Å². The lowest BCUT2D eigenvalue weighted by atomic mass is 10.0. The highest BCUT2D eigenvalue weighted by Gasteiger charge is 2.32. The van der Waals surface area contributed by atoms with Gasteiger partial charge in [0.05, 0.1) is 12.6 Å². The first-order chi connectivity index (χ1) is 22.6. The van der Waals surface area contributed by atoms with Crippen molar-refractivity contribution in [2.24, 2.45) is 17.2 Å². The van der Waals surface area contributed by atoms with Gasteiger partial charge in [-0.25, -0.2) is 0 Å². The molecule has 0 bridgehead atoms. The van der Waals surface area contributed by atoms with Crippen LogP contribution in [0.2, 0.25) is 0 Å². The largest absolute Gasteiger partial charge is 0.508 e. The predicted molar refractivity (Wildman–Crippen MR) is 175 cm³/mol. The summed E-state index contributed by atoms with van der Waals surface area (Å²) in [5.41, 5.74) is 17.3. The number of hydrogen-bond acceptors (Lipinski definition) is 12. The van der Waals surface area contributed by atoms with Gasteiger partial charge in [-0.05, 0) is 63.3 Å². The Morgan fingerprint density at radius 1 is 0.771 bits per heavy atom. The first kappa shape index (κ1) is 41.6. The molecule has 6 atom stereocenters. The number of aromatic hydroxyl groups is 1. The minimum atomic E-state index is -1.59. The summed E-state index contributed by atoms with van der Waals surface area (Å²) in [6.07, 6.45) is 0.314. The molecule has 0 unspecified atom stereocenters. The summed E-state index contributed by atoms with van der Waals surface area (Å²) in [4.78, 5) is 87.3. The molecule has 14 N–H and O–H groups in total. The summed E-state index contributed by atoms with van der Waals surface area (Å²) in [6, 6.07) is -1.94. The van der Waals surface area contributed by atoms with Gasteiger partial charge >= 0.3 is 5.97 Å². The van der Waals surface area contributed by atoms with Crippen molar-refractivity contribution in [2.75, 3.05) is 18.9 Å². The highest BCUT2D eigenvalue weighted by Crippen LogP contribution is 2.11. The van der Waals surface area contributed by atoms with Crippen molar-refractivity contribution in [2.45, 2.75) is 81.7 Å². The van der Waals surface area contributed by atoms with Gasteiger partial charge in [-0.1, -0.05) is 12.1 Å². The van der Waals surface area contributed by atoms with E-state index in [1.54, 1.807) is 12.1 Å². The summed E-state index contributed by atoms with van der Waals surface area (Å²) in [6.45, 7) is 0.561. The number of carboxylic acid groups (broad SMARTS) is 1. The number of thiol groups is 1. The average Bonchev–Trinajstić information content (AvgIpc) is 3.04. The standard InChI is InChI=1S/C29H46N8O10S/c1-15(29(46)47)33-25(42)20(9-10-23(32)40)35-26(43)19(4-2-3-11-30)34-27(44)21(13-38)36-28(45)22(14-48)37-24(41)18(31)12-16-5-7-17(39)8-6-16/h5-8,15,18-22,38-39,48H,2-4,9-14,30-31H2,1H3,(H2,32,40)(H,33,42)(H,34,44)(H,35,43)(H,36,45)(H,37,41)(H,46,47)/t15-,18-,19-,20-,21-,22-/m0/s1. The van der Waals surface area contributed by atoms with E-state index in [1.165, 1.54) is 19.1 Å². The SMILES string of the molecule is C[C@H](NC(=O)[C@H](CCC(N)=O)NC(=O)[C@H](CCCCN)NC(=O)[C@H](CO)NC(=O)[C@H](CS)NC(=O)[C@@H](N)Cc1ccc(O)cc1)C(=O)O. The van der Waals surface area contributed by atoms with Crippen molar-refractivity contribution in [1.82, 2.24) is 26.6 Å². The molecule has 0 heterocycles. The number of unbranched alkanes of at least 4 members (excludes halogenated alkanes) is 1. The summed E-state index contributed by atoms with van der Waals surface area (Å²) in [5.74, 6) is -6.65. The van der Waals surface area contributed by atoms with Crippen molar-refractivity contribution in [3.8, 4) is 5.75 Å². The average molecular weight is 699 g/mol. The van der Waals surface area contributed by atoms with Crippen LogP contribution < -0.4 is 43.8 Å². The molecule has 19 heteroatoms. The molecular formula is C29H46N8O10S. The first-order valence-electron chi connectivity index (χ1n) is 15.1. The maximum absolute atomic E-state index is 13.3. The molecule has 268 valence electrons. The Morgan fingerprint density at radius 2 is 1.27 bits per heavy atom. The lowest BCUT2D eigenvalue weighted by molar-refractivity contribution is -0.142. The molecule has 0 spiro atoms. The number of aliphatic carboxylic acids is 1. The van der Waals surface area contributed by atoms with Crippen LogP contribution in [0.25, 0.3) is 0 Å². The minimum absolute atomic E-state index is 0.0186. The maximum Gasteiger partial charge on any atom is 0.325 e. The summed E-state index contributed by atoms with van der Waals surface area (Å²) < 4.78 is 0. The topological polar surface area (TPSA) is 318 Å². The Balaban J connectivity index is 2.99. The van der Waals surface area contributed by atoms with Gasteiger partial charge in [0.25, 0.3) is 0 Å². The molecule has 1 aromatic rings. The molecular weight excluding hydrogens is 652 g/mol. The van der Waals surface area contributed by atoms with Crippen molar-refractivity contribution in [1.29, 1.82) is 0 Å². The molecule has 0 saturated heterocycles. The Kier molecular flexibility index (Phi) is 18.5. The number of nitrogens with one attached hydrogen (secondary N) is 5. The molecule has 6 amide bonds. The third kappa shape index (κ3) is 15.0. The molecule has 48 heavy (non-hydrogen) atoms. The Labute approximate surface area is 282 Å². The van der Waals surface area contributed by atoms with Gasteiger partial charge in [0.15, 0.2) is 0 Å². The molecule has 0 aromatic heterocycles. The van der Waals surface area contributed by atoms with Gasteiger partial charge < -0.3 is 59.1 Å². The van der Waals surface area contributed by atoms with Gasteiger partial charge in [-0.2, -0.15) is 12.6 Å². The molecule has 0 saturated carbocycles. The number of phenolic OH excluding ortho intramolecular Hbond substituents is 1. The minimum Gasteiger partial charge on any atom is -0.508 e. The highest BCUT2D eigenvalue weighted by atomic mass is 32.1. The highest BCUT2D eigenvalue weighted by molar-refractivity contribution is 7.80. The molecule has 0 aliphatic rings. The van der Waals surface area contributed by atoms with E-state index in [2.05, 4.69) is 39.2 Å².